The lowest BCUT2D eigenvalue weighted by Gasteiger charge is -2.23. The van der Waals surface area contributed by atoms with Crippen molar-refractivity contribution in [3.63, 3.8) is 0 Å². The molecule has 0 bridgehead atoms. The number of hydrogen-bond donors (Lipinski definition) is 1. The average Bonchev–Trinajstić information content (AvgIpc) is 2.55. The minimum Gasteiger partial charge on any atom is -0.372 e. The van der Waals surface area contributed by atoms with Gasteiger partial charge in [0.25, 0.3) is 0 Å². The maximum atomic E-state index is 13.1. The van der Waals surface area contributed by atoms with E-state index in [0.717, 1.165) is 24.4 Å². The first-order valence-corrected chi connectivity index (χ1v) is 9.16. The molecule has 24 heavy (non-hydrogen) atoms. The Morgan fingerprint density at radius 1 is 1.04 bits per heavy atom. The molecule has 4 nitrogen and oxygen atoms in total. The van der Waals surface area contributed by atoms with E-state index in [4.69, 9.17) is 0 Å². The lowest BCUT2D eigenvalue weighted by Crippen LogP contribution is -2.30. The van der Waals surface area contributed by atoms with E-state index < -0.39 is 26.6 Å². The van der Waals surface area contributed by atoms with E-state index in [-0.39, 0.29) is 6.54 Å². The van der Waals surface area contributed by atoms with Crippen molar-refractivity contribution in [2.75, 3.05) is 24.5 Å². The van der Waals surface area contributed by atoms with E-state index >= 15 is 0 Å². The number of para-hydroxylation sites is 1. The van der Waals surface area contributed by atoms with Gasteiger partial charge in [-0.05, 0) is 37.6 Å². The topological polar surface area (TPSA) is 49.4 Å². The summed E-state index contributed by atoms with van der Waals surface area (Å²) < 4.78 is 52.8. The third-order valence-electron chi connectivity index (χ3n) is 3.55. The van der Waals surface area contributed by atoms with Crippen molar-refractivity contribution < 1.29 is 17.2 Å². The number of benzene rings is 2. The van der Waals surface area contributed by atoms with Crippen molar-refractivity contribution in [3.05, 3.63) is 60.2 Å². The number of anilines is 1. The summed E-state index contributed by atoms with van der Waals surface area (Å²) >= 11 is 0. The smallest absolute Gasteiger partial charge is 0.240 e. The number of sulfonamides is 1. The first-order valence-electron chi connectivity index (χ1n) is 7.68. The molecule has 2 aromatic rings. The van der Waals surface area contributed by atoms with E-state index in [0.29, 0.717) is 19.0 Å². The highest BCUT2D eigenvalue weighted by Crippen LogP contribution is 2.14. The summed E-state index contributed by atoms with van der Waals surface area (Å²) in [4.78, 5) is 1.71. The van der Waals surface area contributed by atoms with E-state index in [1.807, 2.05) is 37.3 Å². The van der Waals surface area contributed by atoms with E-state index in [1.54, 1.807) is 0 Å². The van der Waals surface area contributed by atoms with Gasteiger partial charge >= 0.3 is 0 Å². The Labute approximate surface area is 141 Å². The first-order chi connectivity index (χ1) is 11.4. The van der Waals surface area contributed by atoms with Gasteiger partial charge in [0, 0.05) is 31.4 Å². The summed E-state index contributed by atoms with van der Waals surface area (Å²) in [6.07, 6.45) is 0.569. The maximum absolute atomic E-state index is 13.1. The van der Waals surface area contributed by atoms with E-state index in [1.165, 1.54) is 0 Å². The molecule has 0 unspecified atom stereocenters. The predicted octanol–water partition coefficient (Wildman–Crippen LogP) is 3.16. The number of nitrogens with zero attached hydrogens (tertiary/aromatic N) is 1. The molecular weight excluding hydrogens is 334 g/mol. The fourth-order valence-electron chi connectivity index (χ4n) is 2.35. The molecule has 0 saturated carbocycles. The third kappa shape index (κ3) is 5.01. The van der Waals surface area contributed by atoms with Crippen molar-refractivity contribution >= 4 is 15.7 Å². The van der Waals surface area contributed by atoms with Gasteiger partial charge in [0.1, 0.15) is 11.6 Å². The van der Waals surface area contributed by atoms with Crippen molar-refractivity contribution in [3.8, 4) is 0 Å². The van der Waals surface area contributed by atoms with Crippen LogP contribution in [0.15, 0.2) is 53.4 Å². The van der Waals surface area contributed by atoms with Crippen LogP contribution in [0.1, 0.15) is 13.3 Å². The molecule has 0 fully saturated rings. The molecular formula is C17H20F2N2O2S. The quantitative estimate of drug-likeness (QED) is 0.741. The van der Waals surface area contributed by atoms with Gasteiger partial charge in [0.05, 0.1) is 4.90 Å². The molecule has 0 aliphatic heterocycles. The van der Waals surface area contributed by atoms with Gasteiger partial charge in [-0.1, -0.05) is 18.2 Å². The van der Waals surface area contributed by atoms with Gasteiger partial charge < -0.3 is 4.90 Å². The summed E-state index contributed by atoms with van der Waals surface area (Å²) in [5.74, 6) is -1.84. The summed E-state index contributed by atoms with van der Waals surface area (Å²) in [5.41, 5.74) is 1.06. The second-order valence-electron chi connectivity index (χ2n) is 5.27. The molecule has 130 valence electrons. The Morgan fingerprint density at radius 3 is 2.25 bits per heavy atom. The Hall–Kier alpha value is -1.99. The Kier molecular flexibility index (Phi) is 6.28. The second kappa shape index (κ2) is 8.21. The molecule has 7 heteroatoms. The zero-order chi connectivity index (χ0) is 17.6. The third-order valence-corrected chi connectivity index (χ3v) is 4.99. The van der Waals surface area contributed by atoms with Crippen LogP contribution in [0.5, 0.6) is 0 Å². The zero-order valence-electron chi connectivity index (χ0n) is 13.4. The number of nitrogens with one attached hydrogen (secondary N) is 1. The van der Waals surface area contributed by atoms with Crippen LogP contribution in [-0.4, -0.2) is 28.1 Å². The molecule has 0 spiro atoms. The van der Waals surface area contributed by atoms with Crippen LogP contribution in [0.4, 0.5) is 14.5 Å². The lowest BCUT2D eigenvalue weighted by molar-refractivity contribution is 0.560. The van der Waals surface area contributed by atoms with E-state index in [9.17, 15) is 17.2 Å². The molecule has 0 heterocycles. The lowest BCUT2D eigenvalue weighted by atomic mass is 10.2. The largest absolute Gasteiger partial charge is 0.372 e. The average molecular weight is 354 g/mol. The molecule has 0 saturated heterocycles. The van der Waals surface area contributed by atoms with Gasteiger partial charge in [-0.15, -0.1) is 0 Å². The van der Waals surface area contributed by atoms with Crippen LogP contribution in [0.2, 0.25) is 0 Å². The van der Waals surface area contributed by atoms with Gasteiger partial charge in [0.15, 0.2) is 0 Å². The zero-order valence-corrected chi connectivity index (χ0v) is 14.2. The van der Waals surface area contributed by atoms with Gasteiger partial charge in [-0.3, -0.25) is 0 Å². The molecule has 1 N–H and O–H groups in total. The second-order valence-corrected chi connectivity index (χ2v) is 7.04. The van der Waals surface area contributed by atoms with E-state index in [2.05, 4.69) is 9.62 Å². The summed E-state index contributed by atoms with van der Waals surface area (Å²) in [5, 5.41) is 0. The van der Waals surface area contributed by atoms with Crippen LogP contribution < -0.4 is 9.62 Å². The monoisotopic (exact) mass is 354 g/mol. The van der Waals surface area contributed by atoms with Crippen molar-refractivity contribution in [1.82, 2.24) is 4.72 Å². The Balaban J connectivity index is 1.91. The fourth-order valence-corrected chi connectivity index (χ4v) is 3.47. The predicted molar refractivity (Wildman–Crippen MR) is 90.5 cm³/mol. The van der Waals surface area contributed by atoms with Gasteiger partial charge in [-0.25, -0.2) is 21.9 Å². The first kappa shape index (κ1) is 18.4. The Morgan fingerprint density at radius 2 is 1.67 bits per heavy atom. The van der Waals surface area contributed by atoms with Crippen LogP contribution in [0, 0.1) is 11.6 Å². The van der Waals surface area contributed by atoms with Crippen LogP contribution in [-0.2, 0) is 10.0 Å². The minimum atomic E-state index is -3.92. The summed E-state index contributed by atoms with van der Waals surface area (Å²) in [7, 11) is -3.92. The highest BCUT2D eigenvalue weighted by molar-refractivity contribution is 7.89. The molecule has 0 aliphatic rings. The van der Waals surface area contributed by atoms with Crippen molar-refractivity contribution in [2.45, 2.75) is 18.2 Å². The molecule has 2 aromatic carbocycles. The fraction of sp³-hybridized carbons (Fsp3) is 0.294. The van der Waals surface area contributed by atoms with Crippen molar-refractivity contribution in [1.29, 1.82) is 0 Å². The number of halogens is 2. The Bertz CT molecular complexity index is 747. The number of hydrogen-bond acceptors (Lipinski definition) is 3. The highest BCUT2D eigenvalue weighted by atomic mass is 32.2. The van der Waals surface area contributed by atoms with Gasteiger partial charge in [-0.2, -0.15) is 0 Å². The molecule has 0 aromatic heterocycles. The normalized spacial score (nSPS) is 11.5. The molecule has 0 radical (unpaired) electrons. The SMILES string of the molecule is CCN(CCCNS(=O)(=O)c1cc(F)cc(F)c1)c1ccccc1. The van der Waals surface area contributed by atoms with Gasteiger partial charge in [0.2, 0.25) is 10.0 Å². The highest BCUT2D eigenvalue weighted by Gasteiger charge is 2.16. The minimum absolute atomic E-state index is 0.184. The standard InChI is InChI=1S/C17H20F2N2O2S/c1-2-21(16-7-4-3-5-8-16)10-6-9-20-24(22,23)17-12-14(18)11-15(19)13-17/h3-5,7-8,11-13,20H,2,6,9-10H2,1H3. The summed E-state index contributed by atoms with van der Waals surface area (Å²) in [6.45, 7) is 3.67. The molecule has 0 atom stereocenters. The number of rotatable bonds is 8. The maximum Gasteiger partial charge on any atom is 0.240 e. The van der Waals surface area contributed by atoms with Crippen molar-refractivity contribution in [2.24, 2.45) is 0 Å². The molecule has 2 rings (SSSR count). The van der Waals surface area contributed by atoms with Crippen LogP contribution in [0.25, 0.3) is 0 Å². The molecule has 0 amide bonds. The van der Waals surface area contributed by atoms with Crippen LogP contribution >= 0.6 is 0 Å². The molecule has 0 aliphatic carbocycles. The summed E-state index contributed by atoms with van der Waals surface area (Å²) in [6, 6.07) is 12.0. The van der Waals surface area contributed by atoms with Crippen LogP contribution in [0.3, 0.4) is 0 Å².